The zero-order valence-electron chi connectivity index (χ0n) is 18.0. The first-order valence-corrected chi connectivity index (χ1v) is 10.5. The van der Waals surface area contributed by atoms with E-state index in [4.69, 9.17) is 13.9 Å². The maximum atomic E-state index is 12.1. The SMILES string of the molecule is COCCNC(=O)/C(C#N)=C/c1ccc(-c2ccc3cc(N4CCOCC4)ccc3c2)o1. The summed E-state index contributed by atoms with van der Waals surface area (Å²) in [6, 6.07) is 18.1. The molecule has 1 aromatic heterocycles. The number of methoxy groups -OCH3 is 1. The molecule has 1 fully saturated rings. The van der Waals surface area contributed by atoms with Gasteiger partial charge in [-0.25, -0.2) is 0 Å². The lowest BCUT2D eigenvalue weighted by Crippen LogP contribution is -2.36. The number of amides is 1. The van der Waals surface area contributed by atoms with Gasteiger partial charge in [0.1, 0.15) is 23.2 Å². The highest BCUT2D eigenvalue weighted by Crippen LogP contribution is 2.29. The van der Waals surface area contributed by atoms with Gasteiger partial charge in [0.15, 0.2) is 0 Å². The van der Waals surface area contributed by atoms with Gasteiger partial charge >= 0.3 is 0 Å². The van der Waals surface area contributed by atoms with Crippen LogP contribution in [0.2, 0.25) is 0 Å². The molecule has 1 aliphatic rings. The number of furan rings is 1. The minimum atomic E-state index is -0.454. The van der Waals surface area contributed by atoms with E-state index in [1.165, 1.54) is 11.8 Å². The van der Waals surface area contributed by atoms with Crippen LogP contribution in [-0.2, 0) is 14.3 Å². The number of ether oxygens (including phenoxy) is 2. The lowest BCUT2D eigenvalue weighted by Gasteiger charge is -2.29. The molecule has 7 heteroatoms. The molecule has 1 amide bonds. The van der Waals surface area contributed by atoms with Crippen molar-refractivity contribution in [2.75, 3.05) is 51.5 Å². The molecule has 0 aliphatic carbocycles. The fourth-order valence-electron chi connectivity index (χ4n) is 3.64. The summed E-state index contributed by atoms with van der Waals surface area (Å²) in [6.07, 6.45) is 1.45. The third-order valence-electron chi connectivity index (χ3n) is 5.35. The molecule has 0 bridgehead atoms. The summed E-state index contributed by atoms with van der Waals surface area (Å²) in [5.74, 6) is 0.665. The molecule has 2 heterocycles. The molecular formula is C25H25N3O4. The molecular weight excluding hydrogens is 406 g/mol. The van der Waals surface area contributed by atoms with Gasteiger partial charge in [-0.15, -0.1) is 0 Å². The van der Waals surface area contributed by atoms with E-state index in [0.717, 1.165) is 42.6 Å². The van der Waals surface area contributed by atoms with Crippen molar-refractivity contribution in [2.24, 2.45) is 0 Å². The van der Waals surface area contributed by atoms with Gasteiger partial charge < -0.3 is 24.1 Å². The van der Waals surface area contributed by atoms with Crippen LogP contribution in [0.25, 0.3) is 28.2 Å². The van der Waals surface area contributed by atoms with E-state index >= 15 is 0 Å². The summed E-state index contributed by atoms with van der Waals surface area (Å²) in [5.41, 5.74) is 2.11. The van der Waals surface area contributed by atoms with E-state index in [1.807, 2.05) is 18.2 Å². The average Bonchev–Trinajstić information content (AvgIpc) is 3.31. The number of carbonyl (C=O) groups excluding carboxylic acids is 1. The van der Waals surface area contributed by atoms with Crippen LogP contribution in [-0.4, -0.2) is 52.5 Å². The topological polar surface area (TPSA) is 87.7 Å². The Morgan fingerprint density at radius 1 is 1.16 bits per heavy atom. The summed E-state index contributed by atoms with van der Waals surface area (Å²) >= 11 is 0. The highest BCUT2D eigenvalue weighted by molar-refractivity contribution is 6.01. The fraction of sp³-hybridized carbons (Fsp3) is 0.280. The quantitative estimate of drug-likeness (QED) is 0.349. The first kappa shape index (κ1) is 21.6. The second-order valence-electron chi connectivity index (χ2n) is 7.47. The number of nitrogens with zero attached hydrogens (tertiary/aromatic N) is 2. The third-order valence-corrected chi connectivity index (χ3v) is 5.35. The maximum Gasteiger partial charge on any atom is 0.262 e. The molecule has 0 unspecified atom stereocenters. The number of morpholine rings is 1. The van der Waals surface area contributed by atoms with Crippen LogP contribution in [0.4, 0.5) is 5.69 Å². The Morgan fingerprint density at radius 2 is 1.94 bits per heavy atom. The molecule has 32 heavy (non-hydrogen) atoms. The van der Waals surface area contributed by atoms with Gasteiger partial charge in [-0.05, 0) is 41.1 Å². The van der Waals surface area contributed by atoms with Gasteiger partial charge in [-0.1, -0.05) is 18.2 Å². The Bertz CT molecular complexity index is 1170. The van der Waals surface area contributed by atoms with Gasteiger partial charge in [-0.2, -0.15) is 5.26 Å². The lowest BCUT2D eigenvalue weighted by molar-refractivity contribution is -0.117. The van der Waals surface area contributed by atoms with Crippen molar-refractivity contribution in [1.82, 2.24) is 5.32 Å². The molecule has 1 saturated heterocycles. The number of rotatable bonds is 7. The van der Waals surface area contributed by atoms with Crippen molar-refractivity contribution in [3.05, 3.63) is 59.9 Å². The minimum Gasteiger partial charge on any atom is -0.457 e. The Balaban J connectivity index is 1.52. The van der Waals surface area contributed by atoms with Crippen LogP contribution in [0.15, 0.2) is 58.5 Å². The molecule has 0 radical (unpaired) electrons. The van der Waals surface area contributed by atoms with Crippen molar-refractivity contribution in [2.45, 2.75) is 0 Å². The predicted molar refractivity (Wildman–Crippen MR) is 123 cm³/mol. The first-order chi connectivity index (χ1) is 15.7. The maximum absolute atomic E-state index is 12.1. The fourth-order valence-corrected chi connectivity index (χ4v) is 3.64. The van der Waals surface area contributed by atoms with Crippen molar-refractivity contribution in [3.63, 3.8) is 0 Å². The molecule has 1 N–H and O–H groups in total. The summed E-state index contributed by atoms with van der Waals surface area (Å²) < 4.78 is 16.2. The van der Waals surface area contributed by atoms with E-state index in [2.05, 4.69) is 40.5 Å². The molecule has 7 nitrogen and oxygen atoms in total. The Labute approximate surface area is 186 Å². The summed E-state index contributed by atoms with van der Waals surface area (Å²) in [5, 5.41) is 14.2. The van der Waals surface area contributed by atoms with Crippen molar-refractivity contribution in [3.8, 4) is 17.4 Å². The van der Waals surface area contributed by atoms with Crippen molar-refractivity contribution in [1.29, 1.82) is 5.26 Å². The van der Waals surface area contributed by atoms with E-state index < -0.39 is 5.91 Å². The molecule has 4 rings (SSSR count). The van der Waals surface area contributed by atoms with Gasteiger partial charge in [-0.3, -0.25) is 4.79 Å². The molecule has 2 aromatic carbocycles. The third kappa shape index (κ3) is 4.99. The van der Waals surface area contributed by atoms with Crippen LogP contribution < -0.4 is 10.2 Å². The minimum absolute atomic E-state index is 0.0174. The molecule has 0 saturated carbocycles. The highest BCUT2D eigenvalue weighted by atomic mass is 16.5. The second kappa shape index (κ2) is 10.1. The van der Waals surface area contributed by atoms with E-state index in [9.17, 15) is 10.1 Å². The van der Waals surface area contributed by atoms with E-state index in [1.54, 1.807) is 13.2 Å². The number of anilines is 1. The molecule has 1 aliphatic heterocycles. The Kier molecular flexibility index (Phi) is 6.85. The van der Waals surface area contributed by atoms with Gasteiger partial charge in [0.2, 0.25) is 0 Å². The number of fused-ring (bicyclic) bond motifs is 1. The number of carbonyl (C=O) groups is 1. The van der Waals surface area contributed by atoms with Crippen molar-refractivity contribution < 1.29 is 18.7 Å². The smallest absolute Gasteiger partial charge is 0.262 e. The van der Waals surface area contributed by atoms with Crippen molar-refractivity contribution >= 4 is 28.4 Å². The van der Waals surface area contributed by atoms with Crippen LogP contribution in [0, 0.1) is 11.3 Å². The lowest BCUT2D eigenvalue weighted by atomic mass is 10.0. The van der Waals surface area contributed by atoms with Crippen LogP contribution >= 0.6 is 0 Å². The molecule has 164 valence electrons. The monoisotopic (exact) mass is 431 g/mol. The van der Waals surface area contributed by atoms with Gasteiger partial charge in [0.05, 0.1) is 19.8 Å². The number of nitriles is 1. The van der Waals surface area contributed by atoms with Gasteiger partial charge in [0.25, 0.3) is 5.91 Å². The van der Waals surface area contributed by atoms with E-state index in [-0.39, 0.29) is 5.57 Å². The number of hydrogen-bond acceptors (Lipinski definition) is 6. The normalized spacial score (nSPS) is 14.4. The Morgan fingerprint density at radius 3 is 2.72 bits per heavy atom. The zero-order valence-corrected chi connectivity index (χ0v) is 18.0. The highest BCUT2D eigenvalue weighted by Gasteiger charge is 2.13. The van der Waals surface area contributed by atoms with Crippen LogP contribution in [0.5, 0.6) is 0 Å². The second-order valence-corrected chi connectivity index (χ2v) is 7.47. The Hall–Kier alpha value is -3.60. The predicted octanol–water partition coefficient (Wildman–Crippen LogP) is 3.61. The standard InChI is InChI=1S/C25H25N3O4/c1-30-11-8-27-25(29)21(17-26)16-23-6-7-24(32-23)20-3-2-19-15-22(5-4-18(19)14-20)28-9-12-31-13-10-28/h2-7,14-16H,8-13H2,1H3,(H,27,29)/b21-16+. The number of hydrogen-bond donors (Lipinski definition) is 1. The number of nitrogens with one attached hydrogen (secondary N) is 1. The summed E-state index contributed by atoms with van der Waals surface area (Å²) in [7, 11) is 1.55. The summed E-state index contributed by atoms with van der Waals surface area (Å²) in [4.78, 5) is 14.4. The zero-order chi connectivity index (χ0) is 22.3. The molecule has 0 spiro atoms. The largest absolute Gasteiger partial charge is 0.457 e. The summed E-state index contributed by atoms with van der Waals surface area (Å²) in [6.45, 7) is 4.04. The van der Waals surface area contributed by atoms with E-state index in [0.29, 0.717) is 24.7 Å². The first-order valence-electron chi connectivity index (χ1n) is 10.5. The molecule has 0 atom stereocenters. The molecule has 3 aromatic rings. The van der Waals surface area contributed by atoms with Crippen LogP contribution in [0.3, 0.4) is 0 Å². The van der Waals surface area contributed by atoms with Crippen LogP contribution in [0.1, 0.15) is 5.76 Å². The van der Waals surface area contributed by atoms with Gasteiger partial charge in [0, 0.05) is 44.1 Å². The number of benzene rings is 2. The average molecular weight is 431 g/mol.